The minimum Gasteiger partial charge on any atom is -0.505 e. The van der Waals surface area contributed by atoms with Gasteiger partial charge in [-0.2, -0.15) is 0 Å². The topological polar surface area (TPSA) is 50.7 Å². The Kier molecular flexibility index (Phi) is 5.00. The van der Waals surface area contributed by atoms with Crippen LogP contribution in [0.5, 0.6) is 17.2 Å². The van der Waals surface area contributed by atoms with Crippen LogP contribution in [0.15, 0.2) is 36.4 Å². The van der Waals surface area contributed by atoms with E-state index in [0.717, 1.165) is 5.56 Å². The van der Waals surface area contributed by atoms with Crippen LogP contribution in [0.3, 0.4) is 0 Å². The van der Waals surface area contributed by atoms with Gasteiger partial charge in [-0.3, -0.25) is 0 Å². The number of ether oxygens (including phenoxy) is 2. The van der Waals surface area contributed by atoms with E-state index in [1.165, 1.54) is 6.07 Å². The molecule has 0 heterocycles. The number of phenolic OH excluding ortho intramolecular Hbond substituents is 1. The van der Waals surface area contributed by atoms with Gasteiger partial charge in [-0.25, -0.2) is 4.39 Å². The first kappa shape index (κ1) is 15.1. The Balaban J connectivity index is 1.99. The number of rotatable bonds is 6. The minimum absolute atomic E-state index is 0.308. The molecule has 0 atom stereocenters. The smallest absolute Gasteiger partial charge is 0.165 e. The van der Waals surface area contributed by atoms with Gasteiger partial charge in [0.15, 0.2) is 23.1 Å². The molecular weight excluding hydrogens is 273 g/mol. The Bertz CT molecular complexity index is 616. The summed E-state index contributed by atoms with van der Waals surface area (Å²) in [6.45, 7) is 0.939. The van der Waals surface area contributed by atoms with Crippen LogP contribution in [0.25, 0.3) is 0 Å². The molecule has 0 radical (unpaired) electrons. The average Bonchev–Trinajstić information content (AvgIpc) is 2.51. The van der Waals surface area contributed by atoms with Crippen LogP contribution >= 0.6 is 0 Å². The Morgan fingerprint density at radius 3 is 2.52 bits per heavy atom. The first-order valence-electron chi connectivity index (χ1n) is 6.53. The molecule has 0 bridgehead atoms. The van der Waals surface area contributed by atoms with Crippen LogP contribution in [0.2, 0.25) is 0 Å². The Hall–Kier alpha value is -2.27. The number of nitrogens with one attached hydrogen (secondary N) is 1. The predicted octanol–water partition coefficient (Wildman–Crippen LogP) is 2.84. The summed E-state index contributed by atoms with van der Waals surface area (Å²) in [4.78, 5) is 0. The third kappa shape index (κ3) is 3.64. The number of para-hydroxylation sites is 1. The minimum atomic E-state index is -0.611. The van der Waals surface area contributed by atoms with Crippen molar-refractivity contribution in [2.24, 2.45) is 0 Å². The third-order valence-electron chi connectivity index (χ3n) is 3.16. The molecule has 2 aromatic rings. The number of phenols is 1. The molecule has 2 N–H and O–H groups in total. The zero-order valence-corrected chi connectivity index (χ0v) is 12.0. The summed E-state index contributed by atoms with van der Waals surface area (Å²) < 4.78 is 23.6. The van der Waals surface area contributed by atoms with Gasteiger partial charge < -0.3 is 19.9 Å². The molecule has 2 aromatic carbocycles. The third-order valence-corrected chi connectivity index (χ3v) is 3.16. The Labute approximate surface area is 123 Å². The number of hydrogen-bond acceptors (Lipinski definition) is 4. The number of halogens is 1. The maximum absolute atomic E-state index is 13.2. The lowest BCUT2D eigenvalue weighted by Gasteiger charge is -2.11. The van der Waals surface area contributed by atoms with Gasteiger partial charge >= 0.3 is 0 Å². The summed E-state index contributed by atoms with van der Waals surface area (Å²) in [5, 5.41) is 12.7. The second-order valence-corrected chi connectivity index (χ2v) is 4.54. The summed E-state index contributed by atoms with van der Waals surface area (Å²) in [5.41, 5.74) is 1.53. The van der Waals surface area contributed by atoms with E-state index in [9.17, 15) is 9.50 Å². The second-order valence-electron chi connectivity index (χ2n) is 4.54. The van der Waals surface area contributed by atoms with Gasteiger partial charge in [0.05, 0.1) is 14.2 Å². The molecule has 112 valence electrons. The van der Waals surface area contributed by atoms with Crippen molar-refractivity contribution in [3.63, 3.8) is 0 Å². The SMILES string of the molecule is COc1ccc(CNCc2cccc(F)c2O)cc1OC. The molecule has 0 fully saturated rings. The van der Waals surface area contributed by atoms with E-state index in [0.29, 0.717) is 30.2 Å². The Morgan fingerprint density at radius 1 is 1.05 bits per heavy atom. The fourth-order valence-electron chi connectivity index (χ4n) is 2.03. The molecule has 0 saturated carbocycles. The highest BCUT2D eigenvalue weighted by Crippen LogP contribution is 2.27. The van der Waals surface area contributed by atoms with E-state index in [2.05, 4.69) is 5.32 Å². The van der Waals surface area contributed by atoms with E-state index >= 15 is 0 Å². The van der Waals surface area contributed by atoms with Gasteiger partial charge in [0.1, 0.15) is 0 Å². The number of benzene rings is 2. The highest BCUT2D eigenvalue weighted by atomic mass is 19.1. The fourth-order valence-corrected chi connectivity index (χ4v) is 2.03. The van der Waals surface area contributed by atoms with Gasteiger partial charge in [-0.05, 0) is 23.8 Å². The summed E-state index contributed by atoms with van der Waals surface area (Å²) >= 11 is 0. The van der Waals surface area contributed by atoms with Crippen molar-refractivity contribution in [3.05, 3.63) is 53.3 Å². The van der Waals surface area contributed by atoms with E-state index in [1.807, 2.05) is 18.2 Å². The molecule has 0 saturated heterocycles. The van der Waals surface area contributed by atoms with E-state index in [-0.39, 0.29) is 5.75 Å². The second kappa shape index (κ2) is 6.95. The lowest BCUT2D eigenvalue weighted by molar-refractivity contribution is 0.354. The highest BCUT2D eigenvalue weighted by molar-refractivity contribution is 5.43. The van der Waals surface area contributed by atoms with E-state index in [1.54, 1.807) is 26.4 Å². The molecule has 2 rings (SSSR count). The van der Waals surface area contributed by atoms with Crippen molar-refractivity contribution in [2.45, 2.75) is 13.1 Å². The molecular formula is C16H18FNO3. The number of aromatic hydroxyl groups is 1. The lowest BCUT2D eigenvalue weighted by atomic mass is 10.1. The molecule has 0 aliphatic heterocycles. The van der Waals surface area contributed by atoms with Gasteiger partial charge in [0.2, 0.25) is 0 Å². The van der Waals surface area contributed by atoms with Crippen molar-refractivity contribution in [1.29, 1.82) is 0 Å². The zero-order valence-electron chi connectivity index (χ0n) is 12.0. The van der Waals surface area contributed by atoms with Crippen LogP contribution in [-0.4, -0.2) is 19.3 Å². The first-order chi connectivity index (χ1) is 10.2. The summed E-state index contributed by atoms with van der Waals surface area (Å²) in [6, 6.07) is 10.1. The van der Waals surface area contributed by atoms with Gasteiger partial charge in [-0.1, -0.05) is 18.2 Å². The number of hydrogen-bond donors (Lipinski definition) is 2. The molecule has 0 amide bonds. The van der Waals surface area contributed by atoms with E-state index in [4.69, 9.17) is 9.47 Å². The van der Waals surface area contributed by atoms with Gasteiger partial charge in [-0.15, -0.1) is 0 Å². The number of methoxy groups -OCH3 is 2. The first-order valence-corrected chi connectivity index (χ1v) is 6.53. The summed E-state index contributed by atoms with van der Waals surface area (Å²) in [5.74, 6) is 0.409. The molecule has 0 aromatic heterocycles. The molecule has 0 spiro atoms. The molecule has 5 heteroatoms. The zero-order chi connectivity index (χ0) is 15.2. The predicted molar refractivity (Wildman–Crippen MR) is 78.2 cm³/mol. The van der Waals surface area contributed by atoms with Gasteiger partial charge in [0, 0.05) is 18.7 Å². The summed E-state index contributed by atoms with van der Waals surface area (Å²) in [6.07, 6.45) is 0. The summed E-state index contributed by atoms with van der Waals surface area (Å²) in [7, 11) is 3.17. The standard InChI is InChI=1S/C16H18FNO3/c1-20-14-7-6-11(8-15(14)21-2)9-18-10-12-4-3-5-13(17)16(12)19/h3-8,18-19H,9-10H2,1-2H3. The molecule has 21 heavy (non-hydrogen) atoms. The van der Waals surface area contributed by atoms with Crippen molar-refractivity contribution in [3.8, 4) is 17.2 Å². The van der Waals surface area contributed by atoms with E-state index < -0.39 is 5.82 Å². The van der Waals surface area contributed by atoms with Crippen molar-refractivity contribution in [2.75, 3.05) is 14.2 Å². The van der Waals surface area contributed by atoms with Crippen LogP contribution in [0.4, 0.5) is 4.39 Å². The fraction of sp³-hybridized carbons (Fsp3) is 0.250. The van der Waals surface area contributed by atoms with Crippen molar-refractivity contribution < 1.29 is 19.0 Å². The monoisotopic (exact) mass is 291 g/mol. The normalized spacial score (nSPS) is 10.4. The molecule has 0 aliphatic rings. The van der Waals surface area contributed by atoms with Gasteiger partial charge in [0.25, 0.3) is 0 Å². The lowest BCUT2D eigenvalue weighted by Crippen LogP contribution is -2.13. The van der Waals surface area contributed by atoms with Crippen molar-refractivity contribution >= 4 is 0 Å². The van der Waals surface area contributed by atoms with Crippen LogP contribution < -0.4 is 14.8 Å². The Morgan fingerprint density at radius 2 is 1.81 bits per heavy atom. The maximum atomic E-state index is 13.2. The molecule has 0 aliphatic carbocycles. The molecule has 4 nitrogen and oxygen atoms in total. The van der Waals surface area contributed by atoms with Crippen LogP contribution in [0.1, 0.15) is 11.1 Å². The molecule has 0 unspecified atom stereocenters. The quantitative estimate of drug-likeness (QED) is 0.859. The van der Waals surface area contributed by atoms with Crippen molar-refractivity contribution in [1.82, 2.24) is 5.32 Å². The largest absolute Gasteiger partial charge is 0.505 e. The average molecular weight is 291 g/mol. The van der Waals surface area contributed by atoms with Crippen LogP contribution in [0, 0.1) is 5.82 Å². The van der Waals surface area contributed by atoms with Crippen LogP contribution in [-0.2, 0) is 13.1 Å². The highest BCUT2D eigenvalue weighted by Gasteiger charge is 2.07. The maximum Gasteiger partial charge on any atom is 0.165 e.